The topological polar surface area (TPSA) is 76.6 Å². The molecular weight excluding hydrogens is 355 g/mol. The number of carbonyl (C=O) groups is 1. The quantitative estimate of drug-likeness (QED) is 0.762. The summed E-state index contributed by atoms with van der Waals surface area (Å²) in [4.78, 5) is 20.9. The lowest BCUT2D eigenvalue weighted by molar-refractivity contribution is -0.204. The minimum absolute atomic E-state index is 0.0349. The van der Waals surface area contributed by atoms with E-state index in [9.17, 15) is 18.0 Å². The van der Waals surface area contributed by atoms with Gasteiger partial charge in [0, 0.05) is 13.1 Å². The molecule has 142 valence electrons. The van der Waals surface area contributed by atoms with Crippen molar-refractivity contribution in [3.05, 3.63) is 24.2 Å². The van der Waals surface area contributed by atoms with Gasteiger partial charge in [0.2, 0.25) is 0 Å². The maximum absolute atomic E-state index is 13.9. The first-order valence-electron chi connectivity index (χ1n) is 8.27. The number of amidine groups is 1. The Morgan fingerprint density at radius 1 is 1.31 bits per heavy atom. The second-order valence-corrected chi connectivity index (χ2v) is 5.83. The van der Waals surface area contributed by atoms with Crippen LogP contribution in [0.4, 0.5) is 13.2 Å². The Labute approximate surface area is 147 Å². The molecule has 0 aliphatic carbocycles. The molecule has 3 rings (SSSR count). The summed E-state index contributed by atoms with van der Waals surface area (Å²) in [6, 6.07) is 2.56. The molecule has 2 aliphatic heterocycles. The molecule has 1 aromatic heterocycles. The molecule has 0 radical (unpaired) electrons. The summed E-state index contributed by atoms with van der Waals surface area (Å²) in [6.07, 6.45) is -1.30. The lowest BCUT2D eigenvalue weighted by Gasteiger charge is -2.35. The first kappa shape index (κ1) is 18.3. The predicted octanol–water partition coefficient (Wildman–Crippen LogP) is 2.72. The number of nitrogens with zero attached hydrogens (tertiary/aromatic N) is 3. The van der Waals surface area contributed by atoms with E-state index in [0.29, 0.717) is 13.1 Å². The van der Waals surface area contributed by atoms with Crippen molar-refractivity contribution in [1.29, 1.82) is 0 Å². The lowest BCUT2D eigenvalue weighted by Crippen LogP contribution is -2.55. The molecule has 1 fully saturated rings. The molecule has 10 heteroatoms. The van der Waals surface area contributed by atoms with Crippen LogP contribution in [-0.4, -0.2) is 54.3 Å². The van der Waals surface area contributed by atoms with Gasteiger partial charge in [-0.15, -0.1) is 0 Å². The number of esters is 1. The molecule has 0 amide bonds. The van der Waals surface area contributed by atoms with Crippen LogP contribution in [0.3, 0.4) is 0 Å². The smallest absolute Gasteiger partial charge is 0.446 e. The van der Waals surface area contributed by atoms with Gasteiger partial charge in [-0.1, -0.05) is 0 Å². The summed E-state index contributed by atoms with van der Waals surface area (Å²) in [5, 5.41) is 0. The normalized spacial score (nSPS) is 23.8. The van der Waals surface area contributed by atoms with Crippen LogP contribution in [-0.2, 0) is 14.3 Å². The molecule has 2 aliphatic rings. The van der Waals surface area contributed by atoms with Crippen molar-refractivity contribution < 1.29 is 31.9 Å². The minimum atomic E-state index is -5.11. The fourth-order valence-corrected chi connectivity index (χ4v) is 2.73. The third-order valence-electron chi connectivity index (χ3n) is 4.02. The molecule has 0 unspecified atom stereocenters. The van der Waals surface area contributed by atoms with Gasteiger partial charge in [-0.05, 0) is 38.3 Å². The highest BCUT2D eigenvalue weighted by Gasteiger charge is 2.65. The maximum Gasteiger partial charge on any atom is 0.446 e. The van der Waals surface area contributed by atoms with E-state index in [0.717, 1.165) is 19.3 Å². The van der Waals surface area contributed by atoms with Gasteiger partial charge in [-0.25, -0.2) is 4.79 Å². The lowest BCUT2D eigenvalue weighted by atomic mass is 10.1. The predicted molar refractivity (Wildman–Crippen MR) is 84.6 cm³/mol. The molecule has 0 aromatic carbocycles. The van der Waals surface area contributed by atoms with Crippen molar-refractivity contribution in [2.75, 3.05) is 19.7 Å². The number of piperidine rings is 1. The number of rotatable bonds is 3. The van der Waals surface area contributed by atoms with Gasteiger partial charge in [-0.2, -0.15) is 23.2 Å². The zero-order valence-corrected chi connectivity index (χ0v) is 14.1. The highest BCUT2D eigenvalue weighted by atomic mass is 19.4. The van der Waals surface area contributed by atoms with Crippen LogP contribution in [0, 0.1) is 0 Å². The minimum Gasteiger partial charge on any atom is -0.462 e. The van der Waals surface area contributed by atoms with Gasteiger partial charge in [0.05, 0.1) is 12.9 Å². The highest BCUT2D eigenvalue weighted by Crippen LogP contribution is 2.39. The fourth-order valence-electron chi connectivity index (χ4n) is 2.73. The monoisotopic (exact) mass is 373 g/mol. The maximum atomic E-state index is 13.9. The average Bonchev–Trinajstić information content (AvgIpc) is 3.16. The second-order valence-electron chi connectivity index (χ2n) is 5.83. The molecule has 0 bridgehead atoms. The molecule has 7 nitrogen and oxygen atoms in total. The Morgan fingerprint density at radius 3 is 2.62 bits per heavy atom. The van der Waals surface area contributed by atoms with Crippen LogP contribution in [0.2, 0.25) is 0 Å². The van der Waals surface area contributed by atoms with Gasteiger partial charge >= 0.3 is 17.8 Å². The summed E-state index contributed by atoms with van der Waals surface area (Å²) >= 11 is 0. The van der Waals surface area contributed by atoms with E-state index in [1.165, 1.54) is 25.3 Å². The molecule has 1 atom stereocenters. The Morgan fingerprint density at radius 2 is 2.04 bits per heavy atom. The third-order valence-corrected chi connectivity index (χ3v) is 4.02. The summed E-state index contributed by atoms with van der Waals surface area (Å²) in [6.45, 7) is 2.12. The third kappa shape index (κ3) is 3.27. The Bertz CT molecular complexity index is 709. The zero-order valence-electron chi connectivity index (χ0n) is 14.1. The van der Waals surface area contributed by atoms with E-state index in [1.54, 1.807) is 4.90 Å². The van der Waals surface area contributed by atoms with Crippen LogP contribution < -0.4 is 0 Å². The van der Waals surface area contributed by atoms with Gasteiger partial charge in [0.1, 0.15) is 0 Å². The number of halogens is 3. The number of furan rings is 1. The number of carbonyl (C=O) groups excluding carboxylic acids is 1. The standard InChI is InChI=1S/C16H18F3N3O4/c1-2-24-13(23)15(16(17,18)19)20-12(11-7-6-10-25-11)26-14(21-15)22-8-4-3-5-9-22/h6-7,10H,2-5,8-9H2,1H3/t15-/m0/s1. The van der Waals surface area contributed by atoms with Crippen molar-refractivity contribution in [3.63, 3.8) is 0 Å². The molecule has 0 saturated carbocycles. The van der Waals surface area contributed by atoms with Gasteiger partial charge < -0.3 is 18.8 Å². The first-order valence-corrected chi connectivity index (χ1v) is 8.27. The van der Waals surface area contributed by atoms with Gasteiger partial charge in [0.15, 0.2) is 5.76 Å². The van der Waals surface area contributed by atoms with Gasteiger partial charge in [0.25, 0.3) is 11.9 Å². The van der Waals surface area contributed by atoms with Crippen molar-refractivity contribution in [2.24, 2.45) is 9.98 Å². The van der Waals surface area contributed by atoms with Crippen molar-refractivity contribution in [2.45, 2.75) is 38.0 Å². The van der Waals surface area contributed by atoms with E-state index >= 15 is 0 Å². The summed E-state index contributed by atoms with van der Waals surface area (Å²) < 4.78 is 56.9. The number of likely N-dealkylation sites (tertiary alicyclic amines) is 1. The van der Waals surface area contributed by atoms with E-state index in [1.807, 2.05) is 0 Å². The molecule has 3 heterocycles. The summed E-state index contributed by atoms with van der Waals surface area (Å²) in [7, 11) is 0. The van der Waals surface area contributed by atoms with Crippen molar-refractivity contribution in [3.8, 4) is 0 Å². The molecule has 1 aromatic rings. The molecule has 1 saturated heterocycles. The van der Waals surface area contributed by atoms with Crippen LogP contribution >= 0.6 is 0 Å². The van der Waals surface area contributed by atoms with Crippen molar-refractivity contribution in [1.82, 2.24) is 4.90 Å². The van der Waals surface area contributed by atoms with Crippen LogP contribution in [0.25, 0.3) is 0 Å². The molecule has 26 heavy (non-hydrogen) atoms. The Hall–Kier alpha value is -2.52. The van der Waals surface area contributed by atoms with Gasteiger partial charge in [-0.3, -0.25) is 0 Å². The SMILES string of the molecule is CCOC(=O)[C@]1(C(F)(F)F)N=C(c2ccco2)OC(N2CCCCC2)=N1. The molecule has 0 N–H and O–H groups in total. The second kappa shape index (κ2) is 7.00. The Kier molecular flexibility index (Phi) is 4.92. The summed E-state index contributed by atoms with van der Waals surface area (Å²) in [5.74, 6) is -2.10. The Balaban J connectivity index is 2.10. The number of aliphatic imine (C=N–C) groups is 2. The van der Waals surface area contributed by atoms with Crippen LogP contribution in [0.15, 0.2) is 32.8 Å². The largest absolute Gasteiger partial charge is 0.462 e. The fraction of sp³-hybridized carbons (Fsp3) is 0.562. The first-order chi connectivity index (χ1) is 12.4. The summed E-state index contributed by atoms with van der Waals surface area (Å²) in [5.41, 5.74) is -3.42. The van der Waals surface area contributed by atoms with E-state index in [4.69, 9.17) is 9.15 Å². The van der Waals surface area contributed by atoms with E-state index < -0.39 is 23.7 Å². The van der Waals surface area contributed by atoms with Crippen LogP contribution in [0.5, 0.6) is 0 Å². The zero-order chi connectivity index (χ0) is 18.8. The molecule has 0 spiro atoms. The van der Waals surface area contributed by atoms with E-state index in [-0.39, 0.29) is 18.4 Å². The molecular formula is C16H18F3N3O4. The van der Waals surface area contributed by atoms with E-state index in [2.05, 4.69) is 14.7 Å². The number of alkyl halides is 3. The average molecular weight is 373 g/mol. The van der Waals surface area contributed by atoms with Crippen molar-refractivity contribution >= 4 is 17.9 Å². The highest BCUT2D eigenvalue weighted by molar-refractivity contribution is 6.04. The van der Waals surface area contributed by atoms with Crippen LogP contribution in [0.1, 0.15) is 31.9 Å². The number of hydrogen-bond donors (Lipinski definition) is 0. The number of hydrogen-bond acceptors (Lipinski definition) is 7. The number of ether oxygens (including phenoxy) is 2.